The molecule has 0 aliphatic heterocycles. The zero-order chi connectivity index (χ0) is 10.1. The van der Waals surface area contributed by atoms with E-state index in [1.807, 2.05) is 6.92 Å². The van der Waals surface area contributed by atoms with Gasteiger partial charge in [0.25, 0.3) is 0 Å². The summed E-state index contributed by atoms with van der Waals surface area (Å²) in [6, 6.07) is 0. The molecule has 0 aliphatic carbocycles. The van der Waals surface area contributed by atoms with E-state index in [0.717, 1.165) is 6.42 Å². The first-order valence-corrected chi connectivity index (χ1v) is 4.69. The molecule has 0 heterocycles. The van der Waals surface area contributed by atoms with Gasteiger partial charge in [-0.15, -0.1) is 0 Å². The molecule has 4 heteroatoms. The number of hydrogen-bond donors (Lipinski definition) is 2. The van der Waals surface area contributed by atoms with Crippen LogP contribution < -0.4 is 0 Å². The summed E-state index contributed by atoms with van der Waals surface area (Å²) < 4.78 is 10.5. The van der Waals surface area contributed by atoms with Crippen LogP contribution in [0.5, 0.6) is 0 Å². The lowest BCUT2D eigenvalue weighted by atomic mass is 10.3. The van der Waals surface area contributed by atoms with Crippen molar-refractivity contribution in [2.45, 2.75) is 32.5 Å². The van der Waals surface area contributed by atoms with Crippen LogP contribution in [0.1, 0.15) is 20.3 Å². The topological polar surface area (TPSA) is 58.9 Å². The van der Waals surface area contributed by atoms with Crippen LogP contribution in [0.3, 0.4) is 0 Å². The first kappa shape index (κ1) is 12.8. The fraction of sp³-hybridized carbons (Fsp3) is 1.00. The molecule has 4 nitrogen and oxygen atoms in total. The van der Waals surface area contributed by atoms with Crippen molar-refractivity contribution in [1.82, 2.24) is 0 Å². The van der Waals surface area contributed by atoms with Gasteiger partial charge in [-0.3, -0.25) is 0 Å². The molecule has 13 heavy (non-hydrogen) atoms. The zero-order valence-corrected chi connectivity index (χ0v) is 8.40. The highest BCUT2D eigenvalue weighted by Gasteiger charge is 2.05. The monoisotopic (exact) mass is 192 g/mol. The third kappa shape index (κ3) is 6.95. The number of ether oxygens (including phenoxy) is 2. The fourth-order valence-corrected chi connectivity index (χ4v) is 0.745. The van der Waals surface area contributed by atoms with Gasteiger partial charge < -0.3 is 19.7 Å². The lowest BCUT2D eigenvalue weighted by Gasteiger charge is -2.14. The molecule has 0 radical (unpaired) electrons. The van der Waals surface area contributed by atoms with Crippen LogP contribution in [0, 0.1) is 0 Å². The van der Waals surface area contributed by atoms with E-state index in [2.05, 4.69) is 6.92 Å². The van der Waals surface area contributed by atoms with E-state index in [9.17, 15) is 0 Å². The average molecular weight is 192 g/mol. The molecule has 80 valence electrons. The molecule has 0 spiro atoms. The Bertz CT molecular complexity index is 104. The maximum absolute atomic E-state index is 8.65. The molecule has 0 amide bonds. The summed E-state index contributed by atoms with van der Waals surface area (Å²) in [7, 11) is 0. The standard InChI is InChI=1S/C9H20O4/c1-3-8(2)12-4-5-13-9(6-10)7-11/h8-11H,3-7H2,1-2H3. The molecule has 0 aliphatic rings. The number of aliphatic hydroxyl groups excluding tert-OH is 2. The molecule has 0 aromatic heterocycles. The minimum atomic E-state index is -0.472. The molecule has 1 unspecified atom stereocenters. The Morgan fingerprint density at radius 2 is 1.62 bits per heavy atom. The van der Waals surface area contributed by atoms with Gasteiger partial charge in [-0.25, -0.2) is 0 Å². The largest absolute Gasteiger partial charge is 0.394 e. The quantitative estimate of drug-likeness (QED) is 0.538. The van der Waals surface area contributed by atoms with Crippen molar-refractivity contribution < 1.29 is 19.7 Å². The van der Waals surface area contributed by atoms with Gasteiger partial charge in [0, 0.05) is 0 Å². The lowest BCUT2D eigenvalue weighted by molar-refractivity contribution is -0.0527. The summed E-state index contributed by atoms with van der Waals surface area (Å²) in [6.45, 7) is 4.66. The van der Waals surface area contributed by atoms with E-state index >= 15 is 0 Å². The molecular weight excluding hydrogens is 172 g/mol. The number of hydrogen-bond acceptors (Lipinski definition) is 4. The molecule has 0 rings (SSSR count). The summed E-state index contributed by atoms with van der Waals surface area (Å²) in [6.07, 6.45) is 0.745. The highest BCUT2D eigenvalue weighted by Crippen LogP contribution is 1.96. The SMILES string of the molecule is CCC(C)OCCOC(CO)CO. The van der Waals surface area contributed by atoms with E-state index in [1.165, 1.54) is 0 Å². The van der Waals surface area contributed by atoms with E-state index < -0.39 is 6.10 Å². The molecular formula is C9H20O4. The molecule has 0 aromatic carbocycles. The maximum atomic E-state index is 8.65. The van der Waals surface area contributed by atoms with Gasteiger partial charge in [0.15, 0.2) is 0 Å². The summed E-state index contributed by atoms with van der Waals surface area (Å²) in [5, 5.41) is 17.3. The van der Waals surface area contributed by atoms with Crippen LogP contribution in [0.4, 0.5) is 0 Å². The molecule has 2 N–H and O–H groups in total. The van der Waals surface area contributed by atoms with E-state index in [4.69, 9.17) is 19.7 Å². The van der Waals surface area contributed by atoms with Crippen LogP contribution in [-0.2, 0) is 9.47 Å². The predicted octanol–water partition coefficient (Wildman–Crippen LogP) is 0.171. The number of rotatable bonds is 8. The van der Waals surface area contributed by atoms with Gasteiger partial charge in [0.1, 0.15) is 6.10 Å². The van der Waals surface area contributed by atoms with Gasteiger partial charge in [-0.1, -0.05) is 6.92 Å². The van der Waals surface area contributed by atoms with Gasteiger partial charge in [-0.05, 0) is 13.3 Å². The van der Waals surface area contributed by atoms with Crippen LogP contribution >= 0.6 is 0 Å². The van der Waals surface area contributed by atoms with Crippen LogP contribution in [0.25, 0.3) is 0 Å². The summed E-state index contributed by atoms with van der Waals surface area (Å²) in [5.41, 5.74) is 0. The Kier molecular flexibility index (Phi) is 8.33. The molecule has 0 fully saturated rings. The highest BCUT2D eigenvalue weighted by atomic mass is 16.5. The van der Waals surface area contributed by atoms with E-state index in [-0.39, 0.29) is 19.3 Å². The van der Waals surface area contributed by atoms with Crippen molar-refractivity contribution in [1.29, 1.82) is 0 Å². The Labute approximate surface area is 79.5 Å². The third-order valence-electron chi connectivity index (χ3n) is 1.82. The minimum absolute atomic E-state index is 0.153. The molecule has 0 saturated heterocycles. The minimum Gasteiger partial charge on any atom is -0.394 e. The van der Waals surface area contributed by atoms with E-state index in [1.54, 1.807) is 0 Å². The average Bonchev–Trinajstić information content (AvgIpc) is 2.18. The second kappa shape index (κ2) is 8.44. The second-order valence-corrected chi connectivity index (χ2v) is 2.95. The smallest absolute Gasteiger partial charge is 0.104 e. The van der Waals surface area contributed by atoms with Gasteiger partial charge >= 0.3 is 0 Å². The Balaban J connectivity index is 3.23. The third-order valence-corrected chi connectivity index (χ3v) is 1.82. The molecule has 0 aromatic rings. The van der Waals surface area contributed by atoms with Crippen LogP contribution in [-0.4, -0.2) is 48.8 Å². The maximum Gasteiger partial charge on any atom is 0.104 e. The lowest BCUT2D eigenvalue weighted by Crippen LogP contribution is -2.24. The zero-order valence-electron chi connectivity index (χ0n) is 8.40. The first-order valence-electron chi connectivity index (χ1n) is 4.69. The Hall–Kier alpha value is -0.160. The van der Waals surface area contributed by atoms with Crippen molar-refractivity contribution in [3.8, 4) is 0 Å². The van der Waals surface area contributed by atoms with Gasteiger partial charge in [0.05, 0.1) is 32.5 Å². The second-order valence-electron chi connectivity index (χ2n) is 2.95. The Morgan fingerprint density at radius 1 is 1.08 bits per heavy atom. The van der Waals surface area contributed by atoms with Crippen molar-refractivity contribution in [3.05, 3.63) is 0 Å². The van der Waals surface area contributed by atoms with Crippen LogP contribution in [0.15, 0.2) is 0 Å². The van der Waals surface area contributed by atoms with Crippen molar-refractivity contribution in [2.75, 3.05) is 26.4 Å². The molecule has 1 atom stereocenters. The van der Waals surface area contributed by atoms with Crippen LogP contribution in [0.2, 0.25) is 0 Å². The van der Waals surface area contributed by atoms with E-state index in [0.29, 0.717) is 13.2 Å². The van der Waals surface area contributed by atoms with Gasteiger partial charge in [-0.2, -0.15) is 0 Å². The van der Waals surface area contributed by atoms with Crippen molar-refractivity contribution >= 4 is 0 Å². The summed E-state index contributed by atoms with van der Waals surface area (Å²) in [5.74, 6) is 0. The Morgan fingerprint density at radius 3 is 2.08 bits per heavy atom. The number of aliphatic hydroxyl groups is 2. The molecule has 0 saturated carbocycles. The van der Waals surface area contributed by atoms with Crippen molar-refractivity contribution in [2.24, 2.45) is 0 Å². The summed E-state index contributed by atoms with van der Waals surface area (Å²) >= 11 is 0. The van der Waals surface area contributed by atoms with Gasteiger partial charge in [0.2, 0.25) is 0 Å². The normalized spacial score (nSPS) is 13.6. The summed E-state index contributed by atoms with van der Waals surface area (Å²) in [4.78, 5) is 0. The van der Waals surface area contributed by atoms with Crippen molar-refractivity contribution in [3.63, 3.8) is 0 Å². The highest BCUT2D eigenvalue weighted by molar-refractivity contribution is 4.51. The molecule has 0 bridgehead atoms. The first-order chi connectivity index (χ1) is 6.24. The predicted molar refractivity (Wildman–Crippen MR) is 49.6 cm³/mol. The fourth-order valence-electron chi connectivity index (χ4n) is 0.745.